The first-order chi connectivity index (χ1) is 8.24. The van der Waals surface area contributed by atoms with Crippen molar-refractivity contribution in [3.05, 3.63) is 41.9 Å². The lowest BCUT2D eigenvalue weighted by atomic mass is 10.1. The van der Waals surface area contributed by atoms with E-state index in [1.807, 2.05) is 6.20 Å². The second kappa shape index (κ2) is 4.00. The molecule has 0 fully saturated rings. The average Bonchev–Trinajstić information content (AvgIpc) is 2.73. The first-order valence-corrected chi connectivity index (χ1v) is 6.03. The second-order valence-corrected chi connectivity index (χ2v) is 4.72. The summed E-state index contributed by atoms with van der Waals surface area (Å²) in [7, 11) is 0. The lowest BCUT2D eigenvalue weighted by Crippen LogP contribution is -2.23. The molecule has 0 saturated carbocycles. The van der Waals surface area contributed by atoms with Crippen molar-refractivity contribution in [1.29, 1.82) is 0 Å². The monoisotopic (exact) mass is 228 g/mol. The number of fused-ring (bicyclic) bond motifs is 1. The summed E-state index contributed by atoms with van der Waals surface area (Å²) in [6.45, 7) is 2.95. The Hall–Kier alpha value is -1.61. The molecule has 1 aliphatic heterocycles. The molecule has 0 amide bonds. The number of rotatable bonds is 1. The Morgan fingerprint density at radius 3 is 2.82 bits per heavy atom. The van der Waals surface area contributed by atoms with Crippen LogP contribution in [0.5, 0.6) is 0 Å². The van der Waals surface area contributed by atoms with Crippen molar-refractivity contribution in [2.45, 2.75) is 32.4 Å². The van der Waals surface area contributed by atoms with Crippen LogP contribution in [0.3, 0.4) is 0 Å². The molecule has 88 valence electrons. The Bertz CT molecular complexity index is 528. The van der Waals surface area contributed by atoms with Crippen LogP contribution in [0.15, 0.2) is 30.5 Å². The number of benzene rings is 1. The minimum Gasteiger partial charge on any atom is -0.393 e. The largest absolute Gasteiger partial charge is 0.393 e. The molecule has 3 nitrogen and oxygen atoms in total. The van der Waals surface area contributed by atoms with E-state index in [4.69, 9.17) is 0 Å². The van der Waals surface area contributed by atoms with Crippen LogP contribution in [-0.2, 0) is 13.0 Å². The molecular formula is C14H16N2O. The van der Waals surface area contributed by atoms with Crippen LogP contribution >= 0.6 is 0 Å². The van der Waals surface area contributed by atoms with Gasteiger partial charge in [-0.3, -0.25) is 0 Å². The number of aliphatic hydroxyl groups excluding tert-OH is 1. The molecule has 1 unspecified atom stereocenters. The van der Waals surface area contributed by atoms with E-state index in [2.05, 4.69) is 40.7 Å². The molecule has 0 aliphatic carbocycles. The van der Waals surface area contributed by atoms with Crippen molar-refractivity contribution in [1.82, 2.24) is 9.55 Å². The van der Waals surface area contributed by atoms with Gasteiger partial charge in [-0.25, -0.2) is 4.98 Å². The van der Waals surface area contributed by atoms with Gasteiger partial charge >= 0.3 is 0 Å². The quantitative estimate of drug-likeness (QED) is 0.812. The molecule has 3 heteroatoms. The van der Waals surface area contributed by atoms with Crippen molar-refractivity contribution in [3.63, 3.8) is 0 Å². The van der Waals surface area contributed by atoms with Crippen molar-refractivity contribution in [3.8, 4) is 11.3 Å². The number of aliphatic hydroxyl groups is 1. The van der Waals surface area contributed by atoms with Gasteiger partial charge in [0.15, 0.2) is 0 Å². The van der Waals surface area contributed by atoms with E-state index >= 15 is 0 Å². The third kappa shape index (κ3) is 1.87. The Balaban J connectivity index is 2.02. The molecular weight excluding hydrogens is 212 g/mol. The Labute approximate surface area is 101 Å². The van der Waals surface area contributed by atoms with Crippen LogP contribution in [0, 0.1) is 6.92 Å². The lowest BCUT2D eigenvalue weighted by molar-refractivity contribution is 0.142. The van der Waals surface area contributed by atoms with Crippen LogP contribution in [0.4, 0.5) is 0 Å². The van der Waals surface area contributed by atoms with E-state index in [1.54, 1.807) is 0 Å². The molecule has 0 radical (unpaired) electrons. The average molecular weight is 228 g/mol. The van der Waals surface area contributed by atoms with Crippen molar-refractivity contribution in [2.75, 3.05) is 0 Å². The number of imidazole rings is 1. The molecule has 0 saturated heterocycles. The molecule has 1 atom stereocenters. The summed E-state index contributed by atoms with van der Waals surface area (Å²) in [5, 5.41) is 9.62. The number of aryl methyl sites for hydroxylation is 1. The molecule has 0 bridgehead atoms. The van der Waals surface area contributed by atoms with Gasteiger partial charge in [0.05, 0.1) is 18.0 Å². The van der Waals surface area contributed by atoms with Crippen LogP contribution < -0.4 is 0 Å². The van der Waals surface area contributed by atoms with Gasteiger partial charge < -0.3 is 9.67 Å². The van der Waals surface area contributed by atoms with Gasteiger partial charge in [0.2, 0.25) is 0 Å². The van der Waals surface area contributed by atoms with Crippen LogP contribution in [0.25, 0.3) is 11.3 Å². The lowest BCUT2D eigenvalue weighted by Gasteiger charge is -2.20. The van der Waals surface area contributed by atoms with Crippen LogP contribution in [-0.4, -0.2) is 20.8 Å². The van der Waals surface area contributed by atoms with E-state index < -0.39 is 0 Å². The summed E-state index contributed by atoms with van der Waals surface area (Å²) in [4.78, 5) is 4.41. The third-order valence-electron chi connectivity index (χ3n) is 3.39. The maximum absolute atomic E-state index is 9.62. The second-order valence-electron chi connectivity index (χ2n) is 4.72. The first-order valence-electron chi connectivity index (χ1n) is 6.03. The highest BCUT2D eigenvalue weighted by atomic mass is 16.3. The predicted molar refractivity (Wildman–Crippen MR) is 66.7 cm³/mol. The minimum atomic E-state index is -0.226. The third-order valence-corrected chi connectivity index (χ3v) is 3.39. The summed E-state index contributed by atoms with van der Waals surface area (Å²) in [5.41, 5.74) is 3.63. The van der Waals surface area contributed by atoms with Gasteiger partial charge in [0.1, 0.15) is 5.82 Å². The maximum Gasteiger partial charge on any atom is 0.111 e. The summed E-state index contributed by atoms with van der Waals surface area (Å²) >= 11 is 0. The first kappa shape index (κ1) is 10.5. The van der Waals surface area contributed by atoms with Gasteiger partial charge in [0, 0.05) is 13.0 Å². The summed E-state index contributed by atoms with van der Waals surface area (Å²) in [5.74, 6) is 0.999. The molecule has 1 aliphatic rings. The fraction of sp³-hybridized carbons (Fsp3) is 0.357. The van der Waals surface area contributed by atoms with E-state index in [0.29, 0.717) is 6.42 Å². The Morgan fingerprint density at radius 2 is 2.06 bits per heavy atom. The Morgan fingerprint density at radius 1 is 1.29 bits per heavy atom. The molecule has 1 N–H and O–H groups in total. The molecule has 2 aromatic rings. The van der Waals surface area contributed by atoms with E-state index in [-0.39, 0.29) is 6.10 Å². The SMILES string of the molecule is Cc1ccc(-c2cnc3n2CCC(O)C3)cc1. The molecule has 1 aromatic carbocycles. The fourth-order valence-corrected chi connectivity index (χ4v) is 2.37. The number of aromatic nitrogens is 2. The van der Waals surface area contributed by atoms with Crippen LogP contribution in [0.2, 0.25) is 0 Å². The van der Waals surface area contributed by atoms with E-state index in [9.17, 15) is 5.11 Å². The zero-order chi connectivity index (χ0) is 11.8. The van der Waals surface area contributed by atoms with Crippen molar-refractivity contribution >= 4 is 0 Å². The fourth-order valence-electron chi connectivity index (χ4n) is 2.37. The summed E-state index contributed by atoms with van der Waals surface area (Å²) in [6.07, 6.45) is 3.18. The summed E-state index contributed by atoms with van der Waals surface area (Å²) < 4.78 is 2.22. The normalized spacial score (nSPS) is 19.1. The maximum atomic E-state index is 9.62. The van der Waals surface area contributed by atoms with E-state index in [1.165, 1.54) is 11.1 Å². The summed E-state index contributed by atoms with van der Waals surface area (Å²) in [6, 6.07) is 8.50. The molecule has 2 heterocycles. The van der Waals surface area contributed by atoms with Gasteiger partial charge in [-0.1, -0.05) is 29.8 Å². The topological polar surface area (TPSA) is 38.0 Å². The van der Waals surface area contributed by atoms with Gasteiger partial charge in [-0.05, 0) is 18.9 Å². The smallest absolute Gasteiger partial charge is 0.111 e. The zero-order valence-corrected chi connectivity index (χ0v) is 9.93. The highest BCUT2D eigenvalue weighted by Crippen LogP contribution is 2.25. The molecule has 17 heavy (non-hydrogen) atoms. The predicted octanol–water partition coefficient (Wildman–Crippen LogP) is 2.17. The van der Waals surface area contributed by atoms with Gasteiger partial charge in [-0.2, -0.15) is 0 Å². The van der Waals surface area contributed by atoms with Gasteiger partial charge in [0.25, 0.3) is 0 Å². The van der Waals surface area contributed by atoms with E-state index in [0.717, 1.165) is 24.5 Å². The number of hydrogen-bond donors (Lipinski definition) is 1. The standard InChI is InChI=1S/C14H16N2O/c1-10-2-4-11(5-3-10)13-9-15-14-8-12(17)6-7-16(13)14/h2-5,9,12,17H,6-8H2,1H3. The van der Waals surface area contributed by atoms with Crippen molar-refractivity contribution < 1.29 is 5.11 Å². The zero-order valence-electron chi connectivity index (χ0n) is 9.93. The molecule has 3 rings (SSSR count). The number of nitrogens with zero attached hydrogens (tertiary/aromatic N) is 2. The molecule has 1 aromatic heterocycles. The Kier molecular flexibility index (Phi) is 2.48. The highest BCUT2D eigenvalue weighted by molar-refractivity contribution is 5.60. The van der Waals surface area contributed by atoms with Crippen LogP contribution in [0.1, 0.15) is 17.8 Å². The number of hydrogen-bond acceptors (Lipinski definition) is 2. The molecule has 0 spiro atoms. The minimum absolute atomic E-state index is 0.226. The highest BCUT2D eigenvalue weighted by Gasteiger charge is 2.20. The van der Waals surface area contributed by atoms with Gasteiger partial charge in [-0.15, -0.1) is 0 Å². The van der Waals surface area contributed by atoms with Crippen molar-refractivity contribution in [2.24, 2.45) is 0 Å².